The lowest BCUT2D eigenvalue weighted by atomic mass is 10.0. The van der Waals surface area contributed by atoms with E-state index in [2.05, 4.69) is 5.32 Å². The highest BCUT2D eigenvalue weighted by molar-refractivity contribution is 7.91. The summed E-state index contributed by atoms with van der Waals surface area (Å²) in [6.45, 7) is 2.86. The van der Waals surface area contributed by atoms with Crippen LogP contribution in [0.5, 0.6) is 5.75 Å². The second-order valence-electron chi connectivity index (χ2n) is 5.74. The van der Waals surface area contributed by atoms with E-state index in [0.29, 0.717) is 12.2 Å². The Balaban J connectivity index is 1.81. The molecular formula is C14H19NO3S. The summed E-state index contributed by atoms with van der Waals surface area (Å²) in [7, 11) is -2.96. The normalized spacial score (nSPS) is 28.5. The summed E-state index contributed by atoms with van der Waals surface area (Å²) in [4.78, 5) is 0. The topological polar surface area (TPSA) is 55.4 Å². The number of benzene rings is 1. The van der Waals surface area contributed by atoms with Crippen LogP contribution in [0.25, 0.3) is 0 Å². The van der Waals surface area contributed by atoms with Crippen molar-refractivity contribution < 1.29 is 13.2 Å². The van der Waals surface area contributed by atoms with Gasteiger partial charge in [-0.05, 0) is 49.9 Å². The zero-order chi connectivity index (χ0) is 13.5. The molecule has 1 saturated heterocycles. The number of sulfone groups is 1. The molecule has 2 heterocycles. The number of rotatable bonds is 2. The lowest BCUT2D eigenvalue weighted by Crippen LogP contribution is -2.44. The first-order valence-corrected chi connectivity index (χ1v) is 8.54. The largest absolute Gasteiger partial charge is 0.487 e. The second kappa shape index (κ2) is 4.40. The van der Waals surface area contributed by atoms with Gasteiger partial charge in [0.1, 0.15) is 11.4 Å². The maximum absolute atomic E-state index is 11.8. The molecule has 1 unspecified atom stereocenters. The van der Waals surface area contributed by atoms with Crippen molar-refractivity contribution in [1.82, 2.24) is 0 Å². The second-order valence-corrected chi connectivity index (χ2v) is 7.93. The van der Waals surface area contributed by atoms with Gasteiger partial charge in [-0.25, -0.2) is 8.42 Å². The van der Waals surface area contributed by atoms with E-state index in [0.717, 1.165) is 30.8 Å². The number of fused-ring (bicyclic) bond motifs is 1. The molecule has 1 fully saturated rings. The fraction of sp³-hybridized carbons (Fsp3) is 0.571. The van der Waals surface area contributed by atoms with Gasteiger partial charge in [-0.2, -0.15) is 0 Å². The summed E-state index contributed by atoms with van der Waals surface area (Å²) in [6.07, 6.45) is 2.48. The Hall–Kier alpha value is -1.23. The molecule has 3 rings (SSSR count). The lowest BCUT2D eigenvalue weighted by molar-refractivity contribution is 0.0977. The Morgan fingerprint density at radius 2 is 2.21 bits per heavy atom. The Labute approximate surface area is 114 Å². The van der Waals surface area contributed by atoms with Crippen molar-refractivity contribution in [2.24, 2.45) is 0 Å². The minimum atomic E-state index is -2.96. The van der Waals surface area contributed by atoms with Crippen LogP contribution >= 0.6 is 0 Å². The predicted octanol–water partition coefficient (Wildman–Crippen LogP) is 2.00. The molecule has 1 N–H and O–H groups in total. The average Bonchev–Trinajstić information content (AvgIpc) is 2.73. The smallest absolute Gasteiger partial charge is 0.154 e. The molecule has 19 heavy (non-hydrogen) atoms. The molecule has 1 aromatic rings. The highest BCUT2D eigenvalue weighted by Crippen LogP contribution is 2.32. The highest BCUT2D eigenvalue weighted by atomic mass is 32.2. The van der Waals surface area contributed by atoms with E-state index >= 15 is 0 Å². The quantitative estimate of drug-likeness (QED) is 0.901. The third-order valence-electron chi connectivity index (χ3n) is 3.84. The van der Waals surface area contributed by atoms with Gasteiger partial charge >= 0.3 is 0 Å². The van der Waals surface area contributed by atoms with Crippen LogP contribution in [0.15, 0.2) is 18.2 Å². The van der Waals surface area contributed by atoms with Crippen LogP contribution in [0, 0.1) is 0 Å². The number of hydrogen-bond donors (Lipinski definition) is 1. The van der Waals surface area contributed by atoms with E-state index in [1.807, 2.05) is 25.1 Å². The van der Waals surface area contributed by atoms with Gasteiger partial charge in [-0.15, -0.1) is 0 Å². The monoisotopic (exact) mass is 281 g/mol. The standard InChI is InChI=1S/C14H19NO3S/c1-14(6-2-8-19(16,17)10-14)18-12-3-4-13-11(9-12)5-7-15-13/h3-4,9,15H,2,5-8,10H2,1H3. The Kier molecular flexibility index (Phi) is 2.96. The van der Waals surface area contributed by atoms with Crippen LogP contribution < -0.4 is 10.1 Å². The molecule has 0 spiro atoms. The van der Waals surface area contributed by atoms with Gasteiger partial charge in [0.15, 0.2) is 9.84 Å². The lowest BCUT2D eigenvalue weighted by Gasteiger charge is -2.34. The summed E-state index contributed by atoms with van der Waals surface area (Å²) in [5, 5.41) is 3.30. The van der Waals surface area contributed by atoms with Crippen LogP contribution in [0.4, 0.5) is 5.69 Å². The molecule has 1 aromatic carbocycles. The van der Waals surface area contributed by atoms with E-state index in [9.17, 15) is 8.42 Å². The van der Waals surface area contributed by atoms with Gasteiger partial charge in [0.05, 0.1) is 11.5 Å². The minimum absolute atomic E-state index is 0.120. The molecule has 0 aliphatic carbocycles. The Morgan fingerprint density at radius 1 is 1.37 bits per heavy atom. The van der Waals surface area contributed by atoms with Gasteiger partial charge in [0, 0.05) is 12.2 Å². The Morgan fingerprint density at radius 3 is 3.00 bits per heavy atom. The first-order chi connectivity index (χ1) is 8.96. The van der Waals surface area contributed by atoms with Crippen LogP contribution in [0.1, 0.15) is 25.3 Å². The molecule has 4 nitrogen and oxygen atoms in total. The summed E-state index contributed by atoms with van der Waals surface area (Å²) >= 11 is 0. The van der Waals surface area contributed by atoms with Crippen molar-refractivity contribution in [3.63, 3.8) is 0 Å². The fourth-order valence-corrected chi connectivity index (χ4v) is 4.85. The molecule has 0 bridgehead atoms. The van der Waals surface area contributed by atoms with Crippen LogP contribution in [-0.4, -0.2) is 32.1 Å². The van der Waals surface area contributed by atoms with Crippen LogP contribution in [-0.2, 0) is 16.3 Å². The number of anilines is 1. The SMILES string of the molecule is CC1(Oc2ccc3c(c2)CCN3)CCCS(=O)(=O)C1. The summed E-state index contributed by atoms with van der Waals surface area (Å²) in [5.41, 5.74) is 1.82. The molecule has 0 aromatic heterocycles. The molecule has 2 aliphatic heterocycles. The van der Waals surface area contributed by atoms with E-state index in [1.54, 1.807) is 0 Å². The third-order valence-corrected chi connectivity index (χ3v) is 5.80. The average molecular weight is 281 g/mol. The van der Waals surface area contributed by atoms with Crippen molar-refractivity contribution in [3.05, 3.63) is 23.8 Å². The molecule has 5 heteroatoms. The summed E-state index contributed by atoms with van der Waals surface area (Å²) in [5.74, 6) is 1.19. The molecule has 2 aliphatic rings. The van der Waals surface area contributed by atoms with Crippen molar-refractivity contribution >= 4 is 15.5 Å². The van der Waals surface area contributed by atoms with Crippen molar-refractivity contribution in [2.45, 2.75) is 31.8 Å². The minimum Gasteiger partial charge on any atom is -0.487 e. The predicted molar refractivity (Wildman–Crippen MR) is 75.6 cm³/mol. The van der Waals surface area contributed by atoms with Gasteiger partial charge in [0.2, 0.25) is 0 Å². The van der Waals surface area contributed by atoms with Gasteiger partial charge in [-0.1, -0.05) is 0 Å². The Bertz CT molecular complexity index is 597. The molecule has 1 atom stereocenters. The van der Waals surface area contributed by atoms with Gasteiger partial charge in [-0.3, -0.25) is 0 Å². The number of nitrogens with one attached hydrogen (secondary N) is 1. The maximum atomic E-state index is 11.8. The van der Waals surface area contributed by atoms with Crippen molar-refractivity contribution in [2.75, 3.05) is 23.4 Å². The summed E-state index contributed by atoms with van der Waals surface area (Å²) in [6, 6.07) is 5.96. The first-order valence-electron chi connectivity index (χ1n) is 6.72. The molecule has 0 amide bonds. The zero-order valence-corrected chi connectivity index (χ0v) is 11.9. The highest BCUT2D eigenvalue weighted by Gasteiger charge is 2.37. The van der Waals surface area contributed by atoms with E-state index in [-0.39, 0.29) is 5.75 Å². The van der Waals surface area contributed by atoms with Gasteiger partial charge < -0.3 is 10.1 Å². The first kappa shape index (κ1) is 12.8. The van der Waals surface area contributed by atoms with E-state index in [4.69, 9.17) is 4.74 Å². The number of hydrogen-bond acceptors (Lipinski definition) is 4. The maximum Gasteiger partial charge on any atom is 0.154 e. The summed E-state index contributed by atoms with van der Waals surface area (Å²) < 4.78 is 29.5. The third kappa shape index (κ3) is 2.71. The van der Waals surface area contributed by atoms with Crippen molar-refractivity contribution in [3.8, 4) is 5.75 Å². The van der Waals surface area contributed by atoms with Crippen LogP contribution in [0.2, 0.25) is 0 Å². The zero-order valence-electron chi connectivity index (χ0n) is 11.1. The molecule has 0 saturated carbocycles. The van der Waals surface area contributed by atoms with E-state index in [1.165, 1.54) is 5.56 Å². The number of ether oxygens (including phenoxy) is 1. The van der Waals surface area contributed by atoms with Crippen molar-refractivity contribution in [1.29, 1.82) is 0 Å². The van der Waals surface area contributed by atoms with E-state index < -0.39 is 15.4 Å². The molecular weight excluding hydrogens is 262 g/mol. The van der Waals surface area contributed by atoms with Crippen LogP contribution in [0.3, 0.4) is 0 Å². The molecule has 0 radical (unpaired) electrons. The van der Waals surface area contributed by atoms with Gasteiger partial charge in [0.25, 0.3) is 0 Å². The molecule has 104 valence electrons. The fourth-order valence-electron chi connectivity index (χ4n) is 2.99.